The summed E-state index contributed by atoms with van der Waals surface area (Å²) in [5, 5.41) is 0. The smallest absolute Gasteiger partial charge is 0.240 e. The van der Waals surface area contributed by atoms with Gasteiger partial charge in [0, 0.05) is 30.9 Å². The average Bonchev–Trinajstić information content (AvgIpc) is 3.06. The summed E-state index contributed by atoms with van der Waals surface area (Å²) in [7, 11) is -2.49. The molecule has 10 heteroatoms. The van der Waals surface area contributed by atoms with Crippen LogP contribution in [0.2, 0.25) is 0 Å². The van der Waals surface area contributed by atoms with Crippen molar-refractivity contribution in [3.05, 3.63) is 53.8 Å². The number of thioether (sulfide) groups is 1. The maximum atomic E-state index is 13.6. The Morgan fingerprint density at radius 2 is 1.83 bits per heavy atom. The number of hydrogen-bond acceptors (Lipinski definition) is 6. The van der Waals surface area contributed by atoms with Crippen LogP contribution in [0.5, 0.6) is 5.75 Å². The number of carbonyl (C=O) groups is 2. The maximum Gasteiger partial charge on any atom is 0.240 e. The Labute approximate surface area is 178 Å². The number of nitrogens with one attached hydrogen (secondary N) is 1. The predicted molar refractivity (Wildman–Crippen MR) is 112 cm³/mol. The Morgan fingerprint density at radius 3 is 2.50 bits per heavy atom. The second-order valence-corrected chi connectivity index (χ2v) is 9.37. The van der Waals surface area contributed by atoms with E-state index in [1.807, 2.05) is 0 Å². The minimum absolute atomic E-state index is 0.0788. The van der Waals surface area contributed by atoms with Gasteiger partial charge in [-0.15, -0.1) is 0 Å². The van der Waals surface area contributed by atoms with Crippen LogP contribution in [-0.2, 0) is 25.4 Å². The van der Waals surface area contributed by atoms with Gasteiger partial charge in [0.25, 0.3) is 0 Å². The molecule has 1 fully saturated rings. The molecule has 0 unspecified atom stereocenters. The lowest BCUT2D eigenvalue weighted by Crippen LogP contribution is -2.30. The molecule has 160 valence electrons. The van der Waals surface area contributed by atoms with Gasteiger partial charge >= 0.3 is 0 Å². The van der Waals surface area contributed by atoms with Crippen molar-refractivity contribution < 1.29 is 27.1 Å². The van der Waals surface area contributed by atoms with Crippen LogP contribution in [0.4, 0.5) is 10.1 Å². The fraction of sp³-hybridized carbons (Fsp3) is 0.300. The average molecular weight is 453 g/mol. The molecule has 1 saturated heterocycles. The molecule has 0 bridgehead atoms. The highest BCUT2D eigenvalue weighted by molar-refractivity contribution is 7.98. The number of anilines is 1. The van der Waals surface area contributed by atoms with Gasteiger partial charge in [0.2, 0.25) is 21.8 Å². The third-order valence-corrected chi connectivity index (χ3v) is 6.97. The van der Waals surface area contributed by atoms with E-state index < -0.39 is 21.8 Å². The molecule has 0 spiro atoms. The summed E-state index contributed by atoms with van der Waals surface area (Å²) < 4.78 is 46.6. The van der Waals surface area contributed by atoms with Crippen LogP contribution in [-0.4, -0.2) is 39.6 Å². The van der Waals surface area contributed by atoms with Crippen molar-refractivity contribution in [2.24, 2.45) is 0 Å². The Morgan fingerprint density at radius 1 is 1.13 bits per heavy atom. The molecule has 1 aliphatic rings. The number of amides is 2. The number of halogens is 1. The molecule has 0 saturated carbocycles. The van der Waals surface area contributed by atoms with Gasteiger partial charge in [-0.1, -0.05) is 18.2 Å². The molecule has 1 heterocycles. The third-order valence-electron chi connectivity index (χ3n) is 4.51. The van der Waals surface area contributed by atoms with Gasteiger partial charge in [-0.05, 0) is 29.8 Å². The van der Waals surface area contributed by atoms with E-state index in [0.29, 0.717) is 17.1 Å². The number of methoxy groups -OCH3 is 1. The van der Waals surface area contributed by atoms with E-state index >= 15 is 0 Å². The van der Waals surface area contributed by atoms with Crippen molar-refractivity contribution in [3.63, 3.8) is 0 Å². The lowest BCUT2D eigenvalue weighted by atomic mass is 10.2. The molecule has 2 aromatic carbocycles. The molecule has 0 aliphatic carbocycles. The van der Waals surface area contributed by atoms with Crippen molar-refractivity contribution in [2.45, 2.75) is 23.5 Å². The van der Waals surface area contributed by atoms with Gasteiger partial charge in [0.05, 0.1) is 17.7 Å². The summed E-state index contributed by atoms with van der Waals surface area (Å²) >= 11 is 1.40. The van der Waals surface area contributed by atoms with Crippen molar-refractivity contribution in [2.75, 3.05) is 24.3 Å². The van der Waals surface area contributed by atoms with Crippen LogP contribution in [0.15, 0.2) is 47.4 Å². The molecule has 0 atom stereocenters. The van der Waals surface area contributed by atoms with E-state index in [1.54, 1.807) is 18.2 Å². The topological polar surface area (TPSA) is 92.8 Å². The normalized spacial score (nSPS) is 14.4. The number of benzene rings is 2. The molecule has 1 N–H and O–H groups in total. The Kier molecular flexibility index (Phi) is 7.11. The highest BCUT2D eigenvalue weighted by Crippen LogP contribution is 2.34. The van der Waals surface area contributed by atoms with Crippen LogP contribution in [0.25, 0.3) is 0 Å². The highest BCUT2D eigenvalue weighted by atomic mass is 32.2. The predicted octanol–water partition coefficient (Wildman–Crippen LogP) is 2.70. The van der Waals surface area contributed by atoms with Crippen LogP contribution < -0.4 is 14.4 Å². The van der Waals surface area contributed by atoms with Crippen molar-refractivity contribution in [1.29, 1.82) is 0 Å². The zero-order chi connectivity index (χ0) is 21.7. The Bertz CT molecular complexity index is 1040. The summed E-state index contributed by atoms with van der Waals surface area (Å²) in [6, 6.07) is 10.5. The first-order valence-electron chi connectivity index (χ1n) is 9.18. The first-order valence-corrected chi connectivity index (χ1v) is 11.8. The van der Waals surface area contributed by atoms with Gasteiger partial charge in [-0.3, -0.25) is 9.59 Å². The Hall–Kier alpha value is -2.43. The number of rotatable bonds is 9. The zero-order valence-corrected chi connectivity index (χ0v) is 17.9. The minimum atomic E-state index is -3.87. The van der Waals surface area contributed by atoms with E-state index in [9.17, 15) is 22.4 Å². The molecule has 2 aromatic rings. The molecule has 0 radical (unpaired) electrons. The van der Waals surface area contributed by atoms with E-state index in [-0.39, 0.29) is 41.5 Å². The maximum absolute atomic E-state index is 13.6. The molecule has 1 aliphatic heterocycles. The van der Waals surface area contributed by atoms with Gasteiger partial charge in [-0.2, -0.15) is 11.8 Å². The Balaban J connectivity index is 1.65. The van der Waals surface area contributed by atoms with Gasteiger partial charge in [0.15, 0.2) is 0 Å². The van der Waals surface area contributed by atoms with Gasteiger partial charge in [0.1, 0.15) is 11.6 Å². The van der Waals surface area contributed by atoms with E-state index in [2.05, 4.69) is 4.72 Å². The number of ether oxygens (including phenoxy) is 1. The van der Waals surface area contributed by atoms with Crippen molar-refractivity contribution in [3.8, 4) is 5.75 Å². The second kappa shape index (κ2) is 9.59. The van der Waals surface area contributed by atoms with E-state index in [4.69, 9.17) is 4.74 Å². The molecule has 2 amide bonds. The summed E-state index contributed by atoms with van der Waals surface area (Å²) in [4.78, 5) is 25.0. The van der Waals surface area contributed by atoms with Crippen LogP contribution >= 0.6 is 11.8 Å². The van der Waals surface area contributed by atoms with E-state index in [0.717, 1.165) is 4.90 Å². The zero-order valence-electron chi connectivity index (χ0n) is 16.3. The molecule has 3 rings (SSSR count). The summed E-state index contributed by atoms with van der Waals surface area (Å²) in [5.74, 6) is 0.0241. The minimum Gasteiger partial charge on any atom is -0.495 e. The summed E-state index contributed by atoms with van der Waals surface area (Å²) in [6.07, 6.45) is 0.160. The van der Waals surface area contributed by atoms with E-state index in [1.165, 1.54) is 43.1 Å². The van der Waals surface area contributed by atoms with Gasteiger partial charge < -0.3 is 4.74 Å². The third kappa shape index (κ3) is 5.00. The summed E-state index contributed by atoms with van der Waals surface area (Å²) in [5.41, 5.74) is 0.673. The molecule has 30 heavy (non-hydrogen) atoms. The second-order valence-electron chi connectivity index (χ2n) is 6.50. The SMILES string of the molecule is COc1ccc(S(=O)(=O)NCCSCc2ccccc2F)cc1N1C(=O)CCC1=O. The lowest BCUT2D eigenvalue weighted by Gasteiger charge is -2.18. The van der Waals surface area contributed by atoms with Crippen molar-refractivity contribution in [1.82, 2.24) is 4.72 Å². The number of imide groups is 1. The number of sulfonamides is 1. The van der Waals surface area contributed by atoms with Crippen molar-refractivity contribution >= 4 is 39.3 Å². The number of nitrogens with zero attached hydrogens (tertiary/aromatic N) is 1. The van der Waals surface area contributed by atoms with Crippen LogP contribution in [0.1, 0.15) is 18.4 Å². The first kappa shape index (κ1) is 22.3. The quantitative estimate of drug-likeness (QED) is 0.465. The fourth-order valence-corrected chi connectivity index (χ4v) is 5.01. The molecule has 7 nitrogen and oxygen atoms in total. The fourth-order valence-electron chi connectivity index (χ4n) is 2.99. The standard InChI is InChI=1S/C20H21FN2O5S2/c1-28-18-7-6-15(12-17(18)23-19(24)8-9-20(23)25)30(26,27)22-10-11-29-13-14-4-2-3-5-16(14)21/h2-7,12,22H,8-11,13H2,1H3. The number of hydrogen-bond donors (Lipinski definition) is 1. The molecular weight excluding hydrogens is 431 g/mol. The largest absolute Gasteiger partial charge is 0.495 e. The van der Waals surface area contributed by atoms with Gasteiger partial charge in [-0.25, -0.2) is 22.4 Å². The monoisotopic (exact) mass is 452 g/mol. The highest BCUT2D eigenvalue weighted by Gasteiger charge is 2.33. The van der Waals surface area contributed by atoms with Crippen LogP contribution in [0, 0.1) is 5.82 Å². The number of carbonyl (C=O) groups excluding carboxylic acids is 2. The lowest BCUT2D eigenvalue weighted by molar-refractivity contribution is -0.121. The summed E-state index contributed by atoms with van der Waals surface area (Å²) in [6.45, 7) is 0.143. The molecule has 0 aromatic heterocycles. The molecular formula is C20H21FN2O5S2. The first-order chi connectivity index (χ1) is 14.3. The van der Waals surface area contributed by atoms with Crippen LogP contribution in [0.3, 0.4) is 0 Å².